The first-order chi connectivity index (χ1) is 37.1. The Morgan fingerprint density at radius 1 is 0.387 bits per heavy atom. The lowest BCUT2D eigenvalue weighted by molar-refractivity contribution is 0.0413. The van der Waals surface area contributed by atoms with E-state index in [1.165, 1.54) is 85.6 Å². The molecule has 3 spiro atoms. The summed E-state index contributed by atoms with van der Waals surface area (Å²) in [6.45, 7) is 0. The first kappa shape index (κ1) is 41.2. The van der Waals surface area contributed by atoms with Crippen molar-refractivity contribution in [2.75, 3.05) is 0 Å². The number of benzene rings is 10. The van der Waals surface area contributed by atoms with Gasteiger partial charge in [-0.3, -0.25) is 0 Å². The summed E-state index contributed by atoms with van der Waals surface area (Å²) in [6.07, 6.45) is 7.01. The summed E-state index contributed by atoms with van der Waals surface area (Å²) in [4.78, 5) is 0. The molecule has 2 heterocycles. The van der Waals surface area contributed by atoms with Crippen LogP contribution >= 0.6 is 0 Å². The lowest BCUT2D eigenvalue weighted by Crippen LogP contribution is -2.58. The average Bonchev–Trinajstić information content (AvgIpc) is 4.15. The van der Waals surface area contributed by atoms with Crippen LogP contribution in [-0.2, 0) is 16.2 Å². The Bertz CT molecular complexity index is 4440. The molecule has 356 valence electrons. The second-order valence-corrected chi connectivity index (χ2v) is 23.5. The zero-order valence-electron chi connectivity index (χ0n) is 41.8. The first-order valence-corrected chi connectivity index (χ1v) is 27.7. The van der Waals surface area contributed by atoms with Crippen molar-refractivity contribution in [3.05, 3.63) is 258 Å². The molecular weight excluding hydrogens is 907 g/mol. The summed E-state index contributed by atoms with van der Waals surface area (Å²) in [6, 6.07) is 87.6. The molecule has 3 fully saturated rings. The van der Waals surface area contributed by atoms with Gasteiger partial charge in [0, 0.05) is 49.5 Å². The van der Waals surface area contributed by atoms with Gasteiger partial charge in [0.2, 0.25) is 0 Å². The van der Waals surface area contributed by atoms with E-state index in [1.807, 2.05) is 0 Å². The molecule has 0 N–H and O–H groups in total. The minimum atomic E-state index is -0.128. The molecule has 4 bridgehead atoms. The van der Waals surface area contributed by atoms with Crippen molar-refractivity contribution in [3.63, 3.8) is 0 Å². The molecule has 0 amide bonds. The van der Waals surface area contributed by atoms with Crippen LogP contribution in [0.3, 0.4) is 0 Å². The molecule has 18 rings (SSSR count). The number of fused-ring (bicyclic) bond motifs is 20. The maximum absolute atomic E-state index is 6.58. The molecule has 0 saturated heterocycles. The smallest absolute Gasteiger partial charge is 0.137 e. The normalized spacial score (nSPS) is 25.2. The van der Waals surface area contributed by atoms with E-state index in [1.54, 1.807) is 27.8 Å². The predicted octanol–water partition coefficient (Wildman–Crippen LogP) is 18.8. The van der Waals surface area contributed by atoms with Crippen molar-refractivity contribution in [1.82, 2.24) is 4.57 Å². The summed E-state index contributed by atoms with van der Waals surface area (Å²) in [5.74, 6) is 1.57. The lowest BCUT2D eigenvalue weighted by Gasteiger charge is -2.61. The second-order valence-electron chi connectivity index (χ2n) is 23.5. The number of furan rings is 1. The van der Waals surface area contributed by atoms with Gasteiger partial charge in [-0.1, -0.05) is 182 Å². The highest BCUT2D eigenvalue weighted by molar-refractivity contribution is 6.18. The molecule has 7 atom stereocenters. The van der Waals surface area contributed by atoms with Gasteiger partial charge < -0.3 is 8.98 Å². The number of para-hydroxylation sites is 2. The summed E-state index contributed by atoms with van der Waals surface area (Å²) in [5.41, 5.74) is 25.9. The Labute approximate surface area is 436 Å². The Hall–Kier alpha value is -8.20. The van der Waals surface area contributed by atoms with Crippen molar-refractivity contribution in [3.8, 4) is 50.2 Å². The maximum atomic E-state index is 6.58. The number of aromatic nitrogens is 1. The van der Waals surface area contributed by atoms with Gasteiger partial charge in [0.1, 0.15) is 11.2 Å². The standard InChI is InChI=1S/C73H53NO/c1-2-17-47(18-3-1)74-65-34-33-44(37-58(65)59-38-60-56-26-12-15-32-67(56)75-68(60)39-66(59)74)50-28-16-31-63-69(50)57-27-9-5-20-49(57)46-41-71(63)36-35-45-40-72(61-29-13-10-23-53(61)51-21-6-4-19-48(45)51)43-64-55-25-8-7-22-52(55)54-24-11-14-30-62(54)73(64,42-46)70(71)72/h1-34,37-39,45-46,64,70H,35-36,40-43H2. The quantitative estimate of drug-likeness (QED) is 0.169. The van der Waals surface area contributed by atoms with Gasteiger partial charge >= 0.3 is 0 Å². The van der Waals surface area contributed by atoms with E-state index in [0.29, 0.717) is 23.7 Å². The molecule has 75 heavy (non-hydrogen) atoms. The van der Waals surface area contributed by atoms with Gasteiger partial charge in [-0.25, -0.2) is 0 Å². The van der Waals surface area contributed by atoms with Gasteiger partial charge in [0.25, 0.3) is 0 Å². The van der Waals surface area contributed by atoms with Crippen molar-refractivity contribution in [2.45, 2.75) is 72.5 Å². The van der Waals surface area contributed by atoms with Crippen molar-refractivity contribution < 1.29 is 4.42 Å². The van der Waals surface area contributed by atoms with Gasteiger partial charge in [-0.05, 0) is 176 Å². The topological polar surface area (TPSA) is 18.1 Å². The highest BCUT2D eigenvalue weighted by Crippen LogP contribution is 2.81. The molecular formula is C73H53NO. The molecule has 12 aromatic rings. The third-order valence-electron chi connectivity index (χ3n) is 20.6. The molecule has 2 aromatic heterocycles. The molecule has 6 aliphatic rings. The Balaban J connectivity index is 0.948. The van der Waals surface area contributed by atoms with E-state index in [0.717, 1.165) is 52.4 Å². The molecule has 2 heteroatoms. The van der Waals surface area contributed by atoms with E-state index < -0.39 is 0 Å². The SMILES string of the molecule is c1ccc(-n2c3ccc(-c4cccc5c4-c4ccccc4C4CC56CCC5CC7(CC8c9ccccc9-c9ccccc9C8(C4)C76)c4ccccc4-c4ccccc45)cc3c3cc4c(cc32)oc2ccccc24)cc1. The number of rotatable bonds is 2. The van der Waals surface area contributed by atoms with E-state index in [4.69, 9.17) is 4.42 Å². The van der Waals surface area contributed by atoms with Crippen LogP contribution in [0.2, 0.25) is 0 Å². The van der Waals surface area contributed by atoms with Crippen LogP contribution in [0.25, 0.3) is 93.9 Å². The van der Waals surface area contributed by atoms with Crippen LogP contribution in [-0.4, -0.2) is 4.57 Å². The minimum Gasteiger partial charge on any atom is -0.456 e. The highest BCUT2D eigenvalue weighted by atomic mass is 16.3. The van der Waals surface area contributed by atoms with Crippen molar-refractivity contribution in [2.24, 2.45) is 5.92 Å². The zero-order chi connectivity index (χ0) is 48.8. The molecule has 2 nitrogen and oxygen atoms in total. The zero-order valence-corrected chi connectivity index (χ0v) is 41.8. The number of nitrogens with zero attached hydrogens (tertiary/aromatic N) is 1. The molecule has 10 aromatic carbocycles. The van der Waals surface area contributed by atoms with Crippen LogP contribution < -0.4 is 0 Å². The fraction of sp³-hybridized carbons (Fsp3) is 0.178. The maximum Gasteiger partial charge on any atom is 0.137 e. The average molecular weight is 960 g/mol. The van der Waals surface area contributed by atoms with Crippen LogP contribution in [0.5, 0.6) is 0 Å². The summed E-state index contributed by atoms with van der Waals surface area (Å²) in [5, 5.41) is 4.83. The fourth-order valence-corrected chi connectivity index (χ4v) is 18.5. The monoisotopic (exact) mass is 959 g/mol. The Morgan fingerprint density at radius 3 is 1.85 bits per heavy atom. The lowest BCUT2D eigenvalue weighted by atomic mass is 9.42. The Kier molecular flexibility index (Phi) is 7.99. The van der Waals surface area contributed by atoms with Gasteiger partial charge in [0.15, 0.2) is 0 Å². The summed E-state index contributed by atoms with van der Waals surface area (Å²) >= 11 is 0. The van der Waals surface area contributed by atoms with E-state index in [-0.39, 0.29) is 16.2 Å². The molecule has 0 radical (unpaired) electrons. The number of hydrogen-bond donors (Lipinski definition) is 0. The Morgan fingerprint density at radius 2 is 1.01 bits per heavy atom. The second kappa shape index (κ2) is 14.6. The first-order valence-electron chi connectivity index (χ1n) is 27.7. The van der Waals surface area contributed by atoms with Crippen LogP contribution in [0.1, 0.15) is 89.7 Å². The van der Waals surface area contributed by atoms with Crippen molar-refractivity contribution >= 4 is 43.7 Å². The predicted molar refractivity (Wildman–Crippen MR) is 307 cm³/mol. The largest absolute Gasteiger partial charge is 0.456 e. The van der Waals surface area contributed by atoms with Gasteiger partial charge in [-0.15, -0.1) is 0 Å². The van der Waals surface area contributed by atoms with E-state index in [2.05, 4.69) is 229 Å². The van der Waals surface area contributed by atoms with Gasteiger partial charge in [-0.2, -0.15) is 0 Å². The fourth-order valence-electron chi connectivity index (χ4n) is 18.5. The third kappa shape index (κ3) is 5.12. The van der Waals surface area contributed by atoms with Crippen LogP contribution in [0, 0.1) is 5.92 Å². The third-order valence-corrected chi connectivity index (χ3v) is 20.6. The van der Waals surface area contributed by atoms with E-state index in [9.17, 15) is 0 Å². The van der Waals surface area contributed by atoms with E-state index >= 15 is 0 Å². The highest BCUT2D eigenvalue weighted by Gasteiger charge is 2.75. The molecule has 3 saturated carbocycles. The van der Waals surface area contributed by atoms with Crippen molar-refractivity contribution in [1.29, 1.82) is 0 Å². The molecule has 0 aliphatic heterocycles. The van der Waals surface area contributed by atoms with Crippen LogP contribution in [0.15, 0.2) is 229 Å². The molecule has 7 unspecified atom stereocenters. The minimum absolute atomic E-state index is 0.0818. The van der Waals surface area contributed by atoms with Crippen LogP contribution in [0.4, 0.5) is 0 Å². The summed E-state index contributed by atoms with van der Waals surface area (Å²) < 4.78 is 9.02. The van der Waals surface area contributed by atoms with Gasteiger partial charge in [0.05, 0.1) is 11.0 Å². The number of hydrogen-bond acceptors (Lipinski definition) is 1. The summed E-state index contributed by atoms with van der Waals surface area (Å²) in [7, 11) is 0. The molecule has 6 aliphatic carbocycles.